The molecule has 0 saturated carbocycles. The Kier molecular flexibility index (Phi) is 6.94. The molecule has 2 fully saturated rings. The fraction of sp³-hybridized carbons (Fsp3) is 0.556. The molecule has 2 N–H and O–H groups in total. The molecule has 2 aliphatic rings. The van der Waals surface area contributed by atoms with Gasteiger partial charge in [-0.15, -0.1) is 12.4 Å². The number of likely N-dealkylation sites (tertiary alicyclic amines) is 1. The van der Waals surface area contributed by atoms with Crippen LogP contribution < -0.4 is 10.6 Å². The fourth-order valence-corrected chi connectivity index (χ4v) is 3.62. The molecule has 3 unspecified atom stereocenters. The highest BCUT2D eigenvalue weighted by atomic mass is 35.5. The van der Waals surface area contributed by atoms with Gasteiger partial charge in [-0.3, -0.25) is 9.59 Å². The zero-order valence-corrected chi connectivity index (χ0v) is 15.5. The maximum atomic E-state index is 13.6. The summed E-state index contributed by atoms with van der Waals surface area (Å²) in [4.78, 5) is 26.0. The summed E-state index contributed by atoms with van der Waals surface area (Å²) >= 11 is 0. The lowest BCUT2D eigenvalue weighted by Gasteiger charge is -2.35. The molecule has 0 aromatic heterocycles. The van der Waals surface area contributed by atoms with Crippen LogP contribution in [0.15, 0.2) is 18.2 Å². The summed E-state index contributed by atoms with van der Waals surface area (Å²) < 4.78 is 26.8. The van der Waals surface area contributed by atoms with E-state index in [1.165, 1.54) is 6.07 Å². The van der Waals surface area contributed by atoms with E-state index in [0.717, 1.165) is 19.0 Å². The van der Waals surface area contributed by atoms with E-state index in [2.05, 4.69) is 10.6 Å². The molecule has 0 radical (unpaired) electrons. The molecule has 5 nitrogen and oxygen atoms in total. The maximum Gasteiger partial charge on any atom is 0.223 e. The number of nitrogens with zero attached hydrogens (tertiary/aromatic N) is 1. The minimum Gasteiger partial charge on any atom is -0.351 e. The average molecular weight is 388 g/mol. The lowest BCUT2D eigenvalue weighted by molar-refractivity contribution is -0.139. The Labute approximate surface area is 157 Å². The third kappa shape index (κ3) is 4.51. The molecule has 1 aromatic rings. The highest BCUT2D eigenvalue weighted by Gasteiger charge is 2.33. The number of rotatable bonds is 3. The highest BCUT2D eigenvalue weighted by Crippen LogP contribution is 2.28. The van der Waals surface area contributed by atoms with Crippen LogP contribution in [0.5, 0.6) is 0 Å². The number of benzene rings is 1. The third-order valence-corrected chi connectivity index (χ3v) is 5.21. The molecule has 2 amide bonds. The van der Waals surface area contributed by atoms with Gasteiger partial charge in [0.15, 0.2) is 11.6 Å². The Hall–Kier alpha value is -1.73. The fourth-order valence-electron chi connectivity index (χ4n) is 3.62. The van der Waals surface area contributed by atoms with Gasteiger partial charge in [-0.05, 0) is 37.1 Å². The van der Waals surface area contributed by atoms with E-state index >= 15 is 0 Å². The minimum atomic E-state index is -0.873. The van der Waals surface area contributed by atoms with Gasteiger partial charge in [0.25, 0.3) is 0 Å². The van der Waals surface area contributed by atoms with E-state index in [0.29, 0.717) is 25.1 Å². The van der Waals surface area contributed by atoms with Crippen molar-refractivity contribution < 1.29 is 18.4 Å². The molecule has 26 heavy (non-hydrogen) atoms. The number of piperidine rings is 2. The van der Waals surface area contributed by atoms with Gasteiger partial charge in [0, 0.05) is 44.4 Å². The van der Waals surface area contributed by atoms with Crippen molar-refractivity contribution in [2.45, 2.75) is 31.2 Å². The molecule has 144 valence electrons. The normalized spacial score (nSPS) is 26.2. The van der Waals surface area contributed by atoms with Crippen molar-refractivity contribution in [3.8, 4) is 0 Å². The minimum absolute atomic E-state index is 0. The standard InChI is InChI=1S/C18H23F2N3O2.ClH/c1-23-7-5-12(9-17(23)24)18(25)22-16-10-21-6-4-13(16)11-2-3-14(19)15(20)8-11;/h2-3,8,12-13,16,21H,4-7,9-10H2,1H3,(H,22,25);1H. The van der Waals surface area contributed by atoms with E-state index in [1.807, 2.05) is 0 Å². The summed E-state index contributed by atoms with van der Waals surface area (Å²) in [5, 5.41) is 6.25. The predicted molar refractivity (Wildman–Crippen MR) is 96.1 cm³/mol. The highest BCUT2D eigenvalue weighted by molar-refractivity contribution is 5.87. The molecule has 0 spiro atoms. The van der Waals surface area contributed by atoms with E-state index in [-0.39, 0.29) is 48.5 Å². The zero-order valence-electron chi connectivity index (χ0n) is 14.6. The Morgan fingerprint density at radius 1 is 1.27 bits per heavy atom. The Balaban J connectivity index is 0.00000243. The third-order valence-electron chi connectivity index (χ3n) is 5.21. The first-order chi connectivity index (χ1) is 12.0. The molecule has 8 heteroatoms. The Morgan fingerprint density at radius 2 is 2.04 bits per heavy atom. The number of carbonyl (C=O) groups is 2. The summed E-state index contributed by atoms with van der Waals surface area (Å²) in [6.45, 7) is 1.89. The van der Waals surface area contributed by atoms with Crippen molar-refractivity contribution in [2.75, 3.05) is 26.7 Å². The first kappa shape index (κ1) is 20.6. The Bertz CT molecular complexity index is 674. The lowest BCUT2D eigenvalue weighted by Crippen LogP contribution is -2.52. The number of amides is 2. The summed E-state index contributed by atoms with van der Waals surface area (Å²) in [6.07, 6.45) is 1.59. The van der Waals surface area contributed by atoms with E-state index < -0.39 is 11.6 Å². The first-order valence-electron chi connectivity index (χ1n) is 8.65. The second-order valence-corrected chi connectivity index (χ2v) is 6.89. The molecule has 3 atom stereocenters. The number of nitrogens with one attached hydrogen (secondary N) is 2. The Morgan fingerprint density at radius 3 is 2.73 bits per heavy atom. The molecule has 1 aromatic carbocycles. The monoisotopic (exact) mass is 387 g/mol. The van der Waals surface area contributed by atoms with Crippen molar-refractivity contribution in [3.05, 3.63) is 35.4 Å². The van der Waals surface area contributed by atoms with Crippen molar-refractivity contribution >= 4 is 24.2 Å². The van der Waals surface area contributed by atoms with Crippen LogP contribution >= 0.6 is 12.4 Å². The first-order valence-corrected chi connectivity index (χ1v) is 8.65. The molecule has 0 aliphatic carbocycles. The summed E-state index contributed by atoms with van der Waals surface area (Å²) in [5.41, 5.74) is 0.685. The largest absolute Gasteiger partial charge is 0.351 e. The van der Waals surface area contributed by atoms with Gasteiger partial charge >= 0.3 is 0 Å². The van der Waals surface area contributed by atoms with Crippen LogP contribution in [-0.2, 0) is 9.59 Å². The molecule has 3 rings (SSSR count). The topological polar surface area (TPSA) is 61.4 Å². The zero-order chi connectivity index (χ0) is 18.0. The van der Waals surface area contributed by atoms with Crippen LogP contribution in [0.4, 0.5) is 8.78 Å². The van der Waals surface area contributed by atoms with Crippen LogP contribution in [0, 0.1) is 17.6 Å². The van der Waals surface area contributed by atoms with E-state index in [9.17, 15) is 18.4 Å². The van der Waals surface area contributed by atoms with Gasteiger partial charge in [-0.25, -0.2) is 8.78 Å². The van der Waals surface area contributed by atoms with Crippen molar-refractivity contribution in [1.29, 1.82) is 0 Å². The molecular weight excluding hydrogens is 364 g/mol. The second-order valence-electron chi connectivity index (χ2n) is 6.89. The van der Waals surface area contributed by atoms with Crippen molar-refractivity contribution in [1.82, 2.24) is 15.5 Å². The van der Waals surface area contributed by atoms with Gasteiger partial charge < -0.3 is 15.5 Å². The molecule has 2 aliphatic heterocycles. The summed E-state index contributed by atoms with van der Waals surface area (Å²) in [7, 11) is 1.74. The quantitative estimate of drug-likeness (QED) is 0.831. The van der Waals surface area contributed by atoms with Crippen LogP contribution in [0.1, 0.15) is 30.7 Å². The molecule has 2 heterocycles. The molecule has 0 bridgehead atoms. The van der Waals surface area contributed by atoms with Crippen molar-refractivity contribution in [3.63, 3.8) is 0 Å². The van der Waals surface area contributed by atoms with Gasteiger partial charge in [0.05, 0.1) is 0 Å². The molecular formula is C18H24ClF2N3O2. The van der Waals surface area contributed by atoms with Crippen LogP contribution in [-0.4, -0.2) is 49.4 Å². The van der Waals surface area contributed by atoms with Crippen molar-refractivity contribution in [2.24, 2.45) is 5.92 Å². The predicted octanol–water partition coefficient (Wildman–Crippen LogP) is 1.82. The maximum absolute atomic E-state index is 13.6. The van der Waals surface area contributed by atoms with E-state index in [1.54, 1.807) is 18.0 Å². The van der Waals surface area contributed by atoms with Crippen LogP contribution in [0.25, 0.3) is 0 Å². The van der Waals surface area contributed by atoms with Gasteiger partial charge in [-0.1, -0.05) is 6.07 Å². The number of hydrogen-bond acceptors (Lipinski definition) is 3. The number of halogens is 3. The average Bonchev–Trinajstić information content (AvgIpc) is 2.60. The summed E-state index contributed by atoms with van der Waals surface area (Å²) in [6, 6.07) is 3.71. The van der Waals surface area contributed by atoms with E-state index in [4.69, 9.17) is 0 Å². The number of hydrogen-bond donors (Lipinski definition) is 2. The smallest absolute Gasteiger partial charge is 0.223 e. The SMILES string of the molecule is CN1CCC(C(=O)NC2CNCCC2c2ccc(F)c(F)c2)CC1=O.Cl. The lowest BCUT2D eigenvalue weighted by atomic mass is 9.85. The van der Waals surface area contributed by atoms with Gasteiger partial charge in [0.2, 0.25) is 11.8 Å². The molecule has 2 saturated heterocycles. The second kappa shape index (κ2) is 8.77. The number of carbonyl (C=O) groups excluding carboxylic acids is 2. The van der Waals surface area contributed by atoms with Gasteiger partial charge in [-0.2, -0.15) is 0 Å². The summed E-state index contributed by atoms with van der Waals surface area (Å²) in [5.74, 6) is -2.31. The van der Waals surface area contributed by atoms with Crippen LogP contribution in [0.3, 0.4) is 0 Å². The van der Waals surface area contributed by atoms with Crippen LogP contribution in [0.2, 0.25) is 0 Å². The van der Waals surface area contributed by atoms with Gasteiger partial charge in [0.1, 0.15) is 0 Å².